The highest BCUT2D eigenvalue weighted by molar-refractivity contribution is 14.0. The van der Waals surface area contributed by atoms with Crippen LogP contribution in [0.4, 0.5) is 13.2 Å². The lowest BCUT2D eigenvalue weighted by Crippen LogP contribution is -2.38. The summed E-state index contributed by atoms with van der Waals surface area (Å²) in [6, 6.07) is 9.37. The average molecular weight is 489 g/mol. The van der Waals surface area contributed by atoms with Gasteiger partial charge in [-0.05, 0) is 25.3 Å². The topological polar surface area (TPSA) is 65.9 Å². The second-order valence-corrected chi connectivity index (χ2v) is 5.42. The van der Waals surface area contributed by atoms with E-state index in [1.165, 1.54) is 0 Å². The Hall–Kier alpha value is -1.07. The van der Waals surface area contributed by atoms with Gasteiger partial charge < -0.3 is 20.5 Å². The third-order valence-electron chi connectivity index (χ3n) is 3.22. The molecular weight excluding hydrogens is 462 g/mol. The van der Waals surface area contributed by atoms with Gasteiger partial charge >= 0.3 is 6.18 Å². The minimum absolute atomic E-state index is 0. The second-order valence-electron chi connectivity index (χ2n) is 5.42. The van der Waals surface area contributed by atoms with Crippen LogP contribution in [-0.4, -0.2) is 50.1 Å². The molecule has 0 bridgehead atoms. The number of hydrogen-bond acceptors (Lipinski definition) is 3. The molecule has 1 atom stereocenters. The van der Waals surface area contributed by atoms with Gasteiger partial charge in [-0.2, -0.15) is 13.2 Å². The molecule has 9 heteroatoms. The summed E-state index contributed by atoms with van der Waals surface area (Å²) in [6.07, 6.45) is -3.94. The van der Waals surface area contributed by atoms with Crippen LogP contribution in [0.5, 0.6) is 0 Å². The van der Waals surface area contributed by atoms with Crippen LogP contribution >= 0.6 is 24.0 Å². The lowest BCUT2D eigenvalue weighted by Gasteiger charge is -2.14. The lowest BCUT2D eigenvalue weighted by molar-refractivity contribution is -0.173. The van der Waals surface area contributed by atoms with Crippen molar-refractivity contribution in [1.29, 1.82) is 0 Å². The fourth-order valence-corrected chi connectivity index (χ4v) is 2.06. The zero-order chi connectivity index (χ0) is 18.5. The Bertz CT molecular complexity index is 502. The summed E-state index contributed by atoms with van der Waals surface area (Å²) in [6.45, 7) is 2.24. The molecule has 1 aromatic rings. The van der Waals surface area contributed by atoms with E-state index in [2.05, 4.69) is 20.4 Å². The van der Waals surface area contributed by atoms with Crippen LogP contribution in [0.3, 0.4) is 0 Å². The minimum atomic E-state index is -4.29. The van der Waals surface area contributed by atoms with Crippen molar-refractivity contribution < 1.29 is 23.0 Å². The quantitative estimate of drug-likeness (QED) is 0.204. The Morgan fingerprint density at radius 3 is 2.54 bits per heavy atom. The normalized spacial score (nSPS) is 13.0. The molecule has 1 rings (SSSR count). The van der Waals surface area contributed by atoms with Crippen molar-refractivity contribution in [3.8, 4) is 0 Å². The maximum Gasteiger partial charge on any atom is 0.411 e. The monoisotopic (exact) mass is 489 g/mol. The maximum absolute atomic E-state index is 11.9. The number of nitrogens with one attached hydrogen (secondary N) is 2. The van der Waals surface area contributed by atoms with E-state index in [0.717, 1.165) is 5.56 Å². The number of aliphatic imine (C=N–C) groups is 1. The Labute approximate surface area is 169 Å². The third kappa shape index (κ3) is 12.3. The Kier molecular flexibility index (Phi) is 13.5. The standard InChI is InChI=1S/C17H26F3N3O2.HI/c1-2-21-16(22-10-6-12-25-13-17(18,19)20)23-11-9-15(24)14-7-4-3-5-8-14;/h3-5,7-8,15,24H,2,6,9-13H2,1H3,(H2,21,22,23);1H. The van der Waals surface area contributed by atoms with Gasteiger partial charge in [0.05, 0.1) is 6.10 Å². The number of alkyl halides is 3. The van der Waals surface area contributed by atoms with Crippen molar-refractivity contribution in [2.75, 3.05) is 32.8 Å². The first-order chi connectivity index (χ1) is 11.9. The molecule has 0 heterocycles. The van der Waals surface area contributed by atoms with Gasteiger partial charge in [-0.3, -0.25) is 4.99 Å². The molecule has 0 radical (unpaired) electrons. The fraction of sp³-hybridized carbons (Fsp3) is 0.588. The molecule has 0 aromatic heterocycles. The first-order valence-corrected chi connectivity index (χ1v) is 8.32. The fourth-order valence-electron chi connectivity index (χ4n) is 2.06. The largest absolute Gasteiger partial charge is 0.411 e. The highest BCUT2D eigenvalue weighted by Crippen LogP contribution is 2.15. The molecule has 0 saturated heterocycles. The van der Waals surface area contributed by atoms with Crippen LogP contribution in [0.2, 0.25) is 0 Å². The van der Waals surface area contributed by atoms with Gasteiger partial charge in [0.1, 0.15) is 6.61 Å². The molecule has 1 unspecified atom stereocenters. The second kappa shape index (κ2) is 14.0. The molecule has 26 heavy (non-hydrogen) atoms. The van der Waals surface area contributed by atoms with E-state index in [1.807, 2.05) is 37.3 Å². The number of aliphatic hydroxyl groups excluding tert-OH is 1. The summed E-state index contributed by atoms with van der Waals surface area (Å²) in [5, 5.41) is 16.2. The van der Waals surface area contributed by atoms with Crippen LogP contribution in [0.15, 0.2) is 35.3 Å². The Morgan fingerprint density at radius 2 is 1.92 bits per heavy atom. The molecule has 0 saturated carbocycles. The predicted octanol–water partition coefficient (Wildman–Crippen LogP) is 3.25. The van der Waals surface area contributed by atoms with Crippen LogP contribution in [0.1, 0.15) is 31.4 Å². The number of halogens is 4. The van der Waals surface area contributed by atoms with Gasteiger partial charge in [0.25, 0.3) is 0 Å². The van der Waals surface area contributed by atoms with Crippen molar-refractivity contribution in [3.05, 3.63) is 35.9 Å². The number of aliphatic hydroxyl groups is 1. The molecule has 0 aliphatic rings. The van der Waals surface area contributed by atoms with E-state index >= 15 is 0 Å². The van der Waals surface area contributed by atoms with E-state index in [-0.39, 0.29) is 30.6 Å². The van der Waals surface area contributed by atoms with Crippen molar-refractivity contribution in [2.24, 2.45) is 4.99 Å². The maximum atomic E-state index is 11.9. The van der Waals surface area contributed by atoms with Crippen LogP contribution in [0.25, 0.3) is 0 Å². The lowest BCUT2D eigenvalue weighted by atomic mass is 10.1. The number of hydrogen-bond donors (Lipinski definition) is 3. The summed E-state index contributed by atoms with van der Waals surface area (Å²) >= 11 is 0. The van der Waals surface area contributed by atoms with E-state index in [9.17, 15) is 18.3 Å². The van der Waals surface area contributed by atoms with Gasteiger partial charge in [-0.1, -0.05) is 30.3 Å². The number of rotatable bonds is 10. The smallest absolute Gasteiger partial charge is 0.388 e. The van der Waals surface area contributed by atoms with Crippen molar-refractivity contribution in [2.45, 2.75) is 32.0 Å². The van der Waals surface area contributed by atoms with E-state index in [4.69, 9.17) is 0 Å². The highest BCUT2D eigenvalue weighted by atomic mass is 127. The SMILES string of the molecule is CCNC(=NCCCOCC(F)(F)F)NCCC(O)c1ccccc1.I. The number of ether oxygens (including phenoxy) is 1. The Morgan fingerprint density at radius 1 is 1.23 bits per heavy atom. The first kappa shape index (κ1) is 24.9. The average Bonchev–Trinajstić information content (AvgIpc) is 2.57. The molecule has 0 spiro atoms. The first-order valence-electron chi connectivity index (χ1n) is 8.32. The highest BCUT2D eigenvalue weighted by Gasteiger charge is 2.27. The summed E-state index contributed by atoms with van der Waals surface area (Å²) in [7, 11) is 0. The molecule has 1 aromatic carbocycles. The van der Waals surface area contributed by atoms with Gasteiger partial charge in [-0.25, -0.2) is 0 Å². The van der Waals surface area contributed by atoms with Gasteiger partial charge in [0, 0.05) is 26.2 Å². The van der Waals surface area contributed by atoms with Crippen LogP contribution in [-0.2, 0) is 4.74 Å². The molecule has 5 nitrogen and oxygen atoms in total. The number of benzene rings is 1. The van der Waals surface area contributed by atoms with Crippen molar-refractivity contribution in [1.82, 2.24) is 10.6 Å². The zero-order valence-corrected chi connectivity index (χ0v) is 17.1. The predicted molar refractivity (Wildman–Crippen MR) is 107 cm³/mol. The van der Waals surface area contributed by atoms with Gasteiger partial charge in [-0.15, -0.1) is 24.0 Å². The number of nitrogens with zero attached hydrogens (tertiary/aromatic N) is 1. The molecule has 3 N–H and O–H groups in total. The summed E-state index contributed by atoms with van der Waals surface area (Å²) in [5.74, 6) is 0.568. The molecule has 150 valence electrons. The van der Waals surface area contributed by atoms with E-state index in [0.29, 0.717) is 38.4 Å². The molecule has 0 amide bonds. The molecule has 0 aliphatic heterocycles. The van der Waals surface area contributed by atoms with Crippen LogP contribution in [0, 0.1) is 0 Å². The van der Waals surface area contributed by atoms with Gasteiger partial charge in [0.15, 0.2) is 5.96 Å². The van der Waals surface area contributed by atoms with Gasteiger partial charge in [0.2, 0.25) is 0 Å². The van der Waals surface area contributed by atoms with Crippen molar-refractivity contribution >= 4 is 29.9 Å². The third-order valence-corrected chi connectivity index (χ3v) is 3.22. The molecular formula is C17H27F3IN3O2. The van der Waals surface area contributed by atoms with Crippen LogP contribution < -0.4 is 10.6 Å². The summed E-state index contributed by atoms with van der Waals surface area (Å²) in [5.41, 5.74) is 0.855. The van der Waals surface area contributed by atoms with E-state index in [1.54, 1.807) is 0 Å². The number of guanidine groups is 1. The zero-order valence-electron chi connectivity index (χ0n) is 14.8. The summed E-state index contributed by atoms with van der Waals surface area (Å²) < 4.78 is 40.3. The minimum Gasteiger partial charge on any atom is -0.388 e. The van der Waals surface area contributed by atoms with Crippen molar-refractivity contribution in [3.63, 3.8) is 0 Å². The molecule has 0 aliphatic carbocycles. The van der Waals surface area contributed by atoms with E-state index < -0.39 is 18.9 Å². The summed E-state index contributed by atoms with van der Waals surface area (Å²) in [4.78, 5) is 4.27. The molecule has 0 fully saturated rings. The Balaban J connectivity index is 0.00000625.